The van der Waals surface area contributed by atoms with Crippen LogP contribution in [0.5, 0.6) is 5.75 Å². The third-order valence-corrected chi connectivity index (χ3v) is 5.88. The van der Waals surface area contributed by atoms with E-state index in [4.69, 9.17) is 21.7 Å². The van der Waals surface area contributed by atoms with E-state index in [1.165, 1.54) is 0 Å². The van der Waals surface area contributed by atoms with Gasteiger partial charge in [-0.05, 0) is 72.9 Å². The van der Waals surface area contributed by atoms with Crippen LogP contribution in [0.1, 0.15) is 33.9 Å². The number of pyridine rings is 1. The molecule has 1 aliphatic heterocycles. The summed E-state index contributed by atoms with van der Waals surface area (Å²) >= 11 is 5.68. The number of aromatic hydroxyl groups is 1. The molecule has 4 aromatic rings. The van der Waals surface area contributed by atoms with Gasteiger partial charge in [0.15, 0.2) is 5.11 Å². The Kier molecular flexibility index (Phi) is 5.27. The number of carboxylic acids is 1. The lowest BCUT2D eigenvalue weighted by Crippen LogP contribution is -2.29. The first-order valence-electron chi connectivity index (χ1n) is 10.2. The SMILES string of the molecule is O=C(O)c1ccc(-c2ccc(C3C(c4ccccn4)NC(=S)N3c3ccc(O)cc3)o2)cc1. The van der Waals surface area contributed by atoms with E-state index in [9.17, 15) is 9.90 Å². The number of rotatable bonds is 5. The highest BCUT2D eigenvalue weighted by Crippen LogP contribution is 2.43. The van der Waals surface area contributed by atoms with Crippen molar-refractivity contribution in [1.82, 2.24) is 10.3 Å². The molecule has 3 heterocycles. The zero-order chi connectivity index (χ0) is 22.9. The van der Waals surface area contributed by atoms with Crippen molar-refractivity contribution in [2.24, 2.45) is 0 Å². The number of anilines is 1. The largest absolute Gasteiger partial charge is 0.508 e. The predicted octanol–water partition coefficient (Wildman–Crippen LogP) is 4.92. The van der Waals surface area contributed by atoms with Crippen LogP contribution in [0.25, 0.3) is 11.3 Å². The maximum absolute atomic E-state index is 11.2. The number of carbonyl (C=O) groups is 1. The highest BCUT2D eigenvalue weighted by atomic mass is 32.1. The fraction of sp³-hybridized carbons (Fsp3) is 0.0800. The van der Waals surface area contributed by atoms with E-state index >= 15 is 0 Å². The number of furan rings is 1. The van der Waals surface area contributed by atoms with Crippen molar-refractivity contribution in [3.8, 4) is 17.1 Å². The molecule has 8 heteroatoms. The number of aromatic nitrogens is 1. The number of carboxylic acid groups (broad SMARTS) is 1. The highest BCUT2D eigenvalue weighted by Gasteiger charge is 2.42. The topological polar surface area (TPSA) is 98.8 Å². The molecule has 0 bridgehead atoms. The van der Waals surface area contributed by atoms with Gasteiger partial charge in [0, 0.05) is 17.4 Å². The molecule has 7 nitrogen and oxygen atoms in total. The van der Waals surface area contributed by atoms with E-state index in [2.05, 4.69) is 10.3 Å². The van der Waals surface area contributed by atoms with E-state index in [0.29, 0.717) is 16.6 Å². The second kappa shape index (κ2) is 8.40. The minimum atomic E-state index is -0.977. The molecular weight excluding hydrogens is 438 g/mol. The average molecular weight is 458 g/mol. The molecule has 2 unspecified atom stereocenters. The zero-order valence-electron chi connectivity index (χ0n) is 17.3. The molecule has 3 N–H and O–H groups in total. The zero-order valence-corrected chi connectivity index (χ0v) is 18.1. The Morgan fingerprint density at radius 3 is 2.42 bits per heavy atom. The molecule has 164 valence electrons. The van der Waals surface area contributed by atoms with Crippen LogP contribution in [0.4, 0.5) is 5.69 Å². The van der Waals surface area contributed by atoms with Gasteiger partial charge in [-0.2, -0.15) is 0 Å². The van der Waals surface area contributed by atoms with Crippen LogP contribution in [0, 0.1) is 0 Å². The van der Waals surface area contributed by atoms with Crippen molar-refractivity contribution in [2.45, 2.75) is 12.1 Å². The minimum absolute atomic E-state index is 0.166. The summed E-state index contributed by atoms with van der Waals surface area (Å²) in [5.74, 6) is 0.475. The van der Waals surface area contributed by atoms with Crippen LogP contribution in [0.15, 0.2) is 89.5 Å². The number of nitrogens with zero attached hydrogens (tertiary/aromatic N) is 2. The summed E-state index contributed by atoms with van der Waals surface area (Å²) in [5.41, 5.74) is 2.60. The maximum Gasteiger partial charge on any atom is 0.335 e. The Morgan fingerprint density at radius 1 is 1.00 bits per heavy atom. The molecule has 0 spiro atoms. The van der Waals surface area contributed by atoms with Gasteiger partial charge >= 0.3 is 5.97 Å². The van der Waals surface area contributed by atoms with Crippen LogP contribution < -0.4 is 10.2 Å². The number of hydrogen-bond donors (Lipinski definition) is 3. The van der Waals surface area contributed by atoms with Gasteiger partial charge in [-0.15, -0.1) is 0 Å². The summed E-state index contributed by atoms with van der Waals surface area (Å²) in [7, 11) is 0. The van der Waals surface area contributed by atoms with E-state index in [0.717, 1.165) is 16.9 Å². The van der Waals surface area contributed by atoms with Crippen molar-refractivity contribution < 1.29 is 19.4 Å². The Morgan fingerprint density at radius 2 is 1.76 bits per heavy atom. The molecule has 2 aromatic carbocycles. The Balaban J connectivity index is 1.56. The summed E-state index contributed by atoms with van der Waals surface area (Å²) in [6.45, 7) is 0. The standard InChI is InChI=1S/C25H19N3O4S/c29-18-10-8-17(9-11-18)28-23(22(27-25(28)33)19-3-1-2-14-26-19)21-13-12-20(32-21)15-4-6-16(7-5-15)24(30)31/h1-14,22-23,29H,(H,27,33)(H,30,31). The number of thiocarbonyl (C=S) groups is 1. The third-order valence-electron chi connectivity index (χ3n) is 5.56. The highest BCUT2D eigenvalue weighted by molar-refractivity contribution is 7.80. The van der Waals surface area contributed by atoms with Crippen molar-refractivity contribution in [3.05, 3.63) is 102 Å². The molecule has 1 saturated heterocycles. The minimum Gasteiger partial charge on any atom is -0.508 e. The molecule has 0 amide bonds. The number of hydrogen-bond acceptors (Lipinski definition) is 5. The number of phenolic OH excluding ortho intramolecular Hbond substituents is 1. The van der Waals surface area contributed by atoms with Crippen molar-refractivity contribution in [2.75, 3.05) is 4.90 Å². The fourth-order valence-corrected chi connectivity index (χ4v) is 4.33. The average Bonchev–Trinajstić information content (AvgIpc) is 3.45. The van der Waals surface area contributed by atoms with E-state index < -0.39 is 5.97 Å². The fourth-order valence-electron chi connectivity index (χ4n) is 3.98. The lowest BCUT2D eigenvalue weighted by atomic mass is 10.0. The lowest BCUT2D eigenvalue weighted by molar-refractivity contribution is 0.0697. The van der Waals surface area contributed by atoms with Crippen LogP contribution in [-0.4, -0.2) is 26.3 Å². The van der Waals surface area contributed by atoms with Crippen molar-refractivity contribution in [3.63, 3.8) is 0 Å². The molecule has 5 rings (SSSR count). The van der Waals surface area contributed by atoms with Crippen LogP contribution in [-0.2, 0) is 0 Å². The van der Waals surface area contributed by atoms with Gasteiger partial charge in [-0.25, -0.2) is 4.79 Å². The first-order chi connectivity index (χ1) is 16.0. The molecule has 33 heavy (non-hydrogen) atoms. The van der Waals surface area contributed by atoms with Gasteiger partial charge in [0.2, 0.25) is 0 Å². The number of phenols is 1. The van der Waals surface area contributed by atoms with E-state index in [-0.39, 0.29) is 23.4 Å². The number of nitrogens with one attached hydrogen (secondary N) is 1. The summed E-state index contributed by atoms with van der Waals surface area (Å²) in [5, 5.41) is 22.7. The first-order valence-corrected chi connectivity index (χ1v) is 10.7. The van der Waals surface area contributed by atoms with Gasteiger partial charge in [-0.1, -0.05) is 18.2 Å². The summed E-state index contributed by atoms with van der Waals surface area (Å²) in [6, 6.07) is 22.2. The monoisotopic (exact) mass is 457 g/mol. The second-order valence-electron chi connectivity index (χ2n) is 7.60. The Hall–Kier alpha value is -4.17. The normalized spacial score (nSPS) is 17.7. The Labute approximate surface area is 194 Å². The van der Waals surface area contributed by atoms with Crippen LogP contribution in [0.2, 0.25) is 0 Å². The molecule has 1 fully saturated rings. The second-order valence-corrected chi connectivity index (χ2v) is 7.98. The lowest BCUT2D eigenvalue weighted by Gasteiger charge is -2.26. The molecule has 1 aliphatic rings. The third kappa shape index (κ3) is 3.92. The van der Waals surface area contributed by atoms with Gasteiger partial charge in [0.1, 0.15) is 23.3 Å². The molecule has 2 atom stereocenters. The smallest absolute Gasteiger partial charge is 0.335 e. The molecule has 0 saturated carbocycles. The predicted molar refractivity (Wildman–Crippen MR) is 127 cm³/mol. The quantitative estimate of drug-likeness (QED) is 0.363. The van der Waals surface area contributed by atoms with Gasteiger partial charge < -0.3 is 24.8 Å². The van der Waals surface area contributed by atoms with Crippen LogP contribution in [0.3, 0.4) is 0 Å². The van der Waals surface area contributed by atoms with Gasteiger partial charge in [-0.3, -0.25) is 4.98 Å². The van der Waals surface area contributed by atoms with Crippen molar-refractivity contribution in [1.29, 1.82) is 0 Å². The molecule has 0 radical (unpaired) electrons. The van der Waals surface area contributed by atoms with Gasteiger partial charge in [0.05, 0.1) is 17.3 Å². The summed E-state index contributed by atoms with van der Waals surface area (Å²) in [6.07, 6.45) is 1.73. The van der Waals surface area contributed by atoms with E-state index in [1.54, 1.807) is 54.7 Å². The van der Waals surface area contributed by atoms with E-state index in [1.807, 2.05) is 35.2 Å². The Bertz CT molecular complexity index is 1300. The van der Waals surface area contributed by atoms with Crippen molar-refractivity contribution >= 4 is 29.0 Å². The number of benzene rings is 2. The molecule has 2 aromatic heterocycles. The molecule has 0 aliphatic carbocycles. The molecular formula is C25H19N3O4S. The maximum atomic E-state index is 11.2. The van der Waals surface area contributed by atoms with Gasteiger partial charge in [0.25, 0.3) is 0 Å². The summed E-state index contributed by atoms with van der Waals surface area (Å²) < 4.78 is 6.26. The summed E-state index contributed by atoms with van der Waals surface area (Å²) in [4.78, 5) is 17.6. The number of aromatic carboxylic acids is 1. The first kappa shape index (κ1) is 20.7. The van der Waals surface area contributed by atoms with Crippen LogP contribution >= 0.6 is 12.2 Å².